The Morgan fingerprint density at radius 3 is 2.58 bits per heavy atom. The molecule has 0 spiro atoms. The van der Waals surface area contributed by atoms with Crippen molar-refractivity contribution in [1.82, 2.24) is 0 Å². The van der Waals surface area contributed by atoms with Gasteiger partial charge in [0.1, 0.15) is 12.4 Å². The Balaban J connectivity index is 1.84. The fourth-order valence-corrected chi connectivity index (χ4v) is 3.46. The molecule has 2 aromatic rings. The van der Waals surface area contributed by atoms with E-state index < -0.39 is 10.0 Å². The molecule has 0 aliphatic carbocycles. The minimum Gasteiger partial charge on any atom is -0.489 e. The highest BCUT2D eigenvalue weighted by atomic mass is 35.5. The first kappa shape index (κ1) is 16.6. The molecule has 1 amide bonds. The number of sulfonamides is 1. The minimum absolute atomic E-state index is 0.259. The molecule has 0 bridgehead atoms. The lowest BCUT2D eigenvalue weighted by Crippen LogP contribution is -2.37. The molecule has 0 saturated heterocycles. The number of ether oxygens (including phenoxy) is 1. The molecule has 8 heteroatoms. The van der Waals surface area contributed by atoms with E-state index in [0.29, 0.717) is 27.7 Å². The highest BCUT2D eigenvalue weighted by molar-refractivity contribution is 7.92. The number of fused-ring (bicyclic) bond motifs is 1. The van der Waals surface area contributed by atoms with Gasteiger partial charge in [0, 0.05) is 22.3 Å². The maximum atomic E-state index is 12.2. The van der Waals surface area contributed by atoms with Gasteiger partial charge in [0.15, 0.2) is 0 Å². The molecule has 1 N–H and O–H groups in total. The highest BCUT2D eigenvalue weighted by Gasteiger charge is 2.25. The van der Waals surface area contributed by atoms with Crippen molar-refractivity contribution in [3.63, 3.8) is 0 Å². The average Bonchev–Trinajstić information content (AvgIpc) is 2.53. The zero-order chi connectivity index (χ0) is 17.3. The number of carbonyl (C=O) groups excluding carboxylic acids is 1. The van der Waals surface area contributed by atoms with Crippen LogP contribution in [-0.4, -0.2) is 33.7 Å². The molecule has 6 nitrogen and oxygen atoms in total. The molecule has 3 rings (SSSR count). The second kappa shape index (κ2) is 6.33. The quantitative estimate of drug-likeness (QED) is 0.906. The molecule has 1 heterocycles. The van der Waals surface area contributed by atoms with Gasteiger partial charge in [0.2, 0.25) is 10.0 Å². The first-order valence-electron chi connectivity index (χ1n) is 7.16. The SMILES string of the molecule is CS(=O)(=O)N1CCOc2cc(NC(=O)c3ccc(Cl)cc3)ccc21. The number of hydrogen-bond acceptors (Lipinski definition) is 4. The van der Waals surface area contributed by atoms with Crippen LogP contribution >= 0.6 is 11.6 Å². The number of carbonyl (C=O) groups is 1. The Morgan fingerprint density at radius 1 is 1.21 bits per heavy atom. The second-order valence-corrected chi connectivity index (χ2v) is 7.67. The van der Waals surface area contributed by atoms with Gasteiger partial charge < -0.3 is 10.1 Å². The van der Waals surface area contributed by atoms with Crippen molar-refractivity contribution in [3.8, 4) is 5.75 Å². The summed E-state index contributed by atoms with van der Waals surface area (Å²) in [4.78, 5) is 12.2. The summed E-state index contributed by atoms with van der Waals surface area (Å²) < 4.78 is 30.4. The van der Waals surface area contributed by atoms with E-state index in [9.17, 15) is 13.2 Å². The molecule has 0 fully saturated rings. The van der Waals surface area contributed by atoms with E-state index >= 15 is 0 Å². The van der Waals surface area contributed by atoms with E-state index in [2.05, 4.69) is 5.32 Å². The third kappa shape index (κ3) is 3.47. The van der Waals surface area contributed by atoms with Crippen molar-refractivity contribution in [1.29, 1.82) is 0 Å². The van der Waals surface area contributed by atoms with Crippen molar-refractivity contribution in [2.75, 3.05) is 29.0 Å². The Labute approximate surface area is 145 Å². The summed E-state index contributed by atoms with van der Waals surface area (Å²) in [6.07, 6.45) is 1.15. The largest absolute Gasteiger partial charge is 0.489 e. The van der Waals surface area contributed by atoms with E-state index in [1.165, 1.54) is 4.31 Å². The number of hydrogen-bond donors (Lipinski definition) is 1. The van der Waals surface area contributed by atoms with Gasteiger partial charge in [-0.15, -0.1) is 0 Å². The van der Waals surface area contributed by atoms with Crippen LogP contribution in [0.15, 0.2) is 42.5 Å². The average molecular weight is 367 g/mol. The van der Waals surface area contributed by atoms with Crippen molar-refractivity contribution < 1.29 is 17.9 Å². The number of nitrogens with one attached hydrogen (secondary N) is 1. The lowest BCUT2D eigenvalue weighted by Gasteiger charge is -2.29. The number of nitrogens with zero attached hydrogens (tertiary/aromatic N) is 1. The fraction of sp³-hybridized carbons (Fsp3) is 0.188. The van der Waals surface area contributed by atoms with Crippen molar-refractivity contribution in [2.24, 2.45) is 0 Å². The predicted molar refractivity (Wildman–Crippen MR) is 93.5 cm³/mol. The number of rotatable bonds is 3. The second-order valence-electron chi connectivity index (χ2n) is 5.33. The molecule has 0 saturated carbocycles. The topological polar surface area (TPSA) is 75.7 Å². The lowest BCUT2D eigenvalue weighted by molar-refractivity contribution is 0.102. The molecular weight excluding hydrogens is 352 g/mol. The standard InChI is InChI=1S/C16H15ClN2O4S/c1-24(21,22)19-8-9-23-15-10-13(6-7-14(15)19)18-16(20)11-2-4-12(17)5-3-11/h2-7,10H,8-9H2,1H3,(H,18,20). The van der Waals surface area contributed by atoms with Crippen molar-refractivity contribution >= 4 is 38.9 Å². The molecule has 24 heavy (non-hydrogen) atoms. The summed E-state index contributed by atoms with van der Waals surface area (Å²) in [5, 5.41) is 3.30. The van der Waals surface area contributed by atoms with Gasteiger partial charge in [0.25, 0.3) is 5.91 Å². The molecule has 0 aromatic heterocycles. The van der Waals surface area contributed by atoms with Crippen LogP contribution in [0.25, 0.3) is 0 Å². The van der Waals surface area contributed by atoms with E-state index in [0.717, 1.165) is 6.26 Å². The van der Waals surface area contributed by atoms with Gasteiger partial charge in [-0.1, -0.05) is 11.6 Å². The number of anilines is 2. The zero-order valence-electron chi connectivity index (χ0n) is 12.8. The summed E-state index contributed by atoms with van der Waals surface area (Å²) in [5.74, 6) is 0.128. The van der Waals surface area contributed by atoms with Crippen LogP contribution in [-0.2, 0) is 10.0 Å². The summed E-state index contributed by atoms with van der Waals surface area (Å²) in [7, 11) is -3.37. The predicted octanol–water partition coefficient (Wildman–Crippen LogP) is 2.75. The zero-order valence-corrected chi connectivity index (χ0v) is 14.4. The molecule has 126 valence electrons. The third-order valence-electron chi connectivity index (χ3n) is 3.55. The van der Waals surface area contributed by atoms with Crippen molar-refractivity contribution in [3.05, 3.63) is 53.1 Å². The molecule has 2 aromatic carbocycles. The summed E-state index contributed by atoms with van der Waals surface area (Å²) in [6.45, 7) is 0.525. The summed E-state index contributed by atoms with van der Waals surface area (Å²) in [5.41, 5.74) is 1.45. The minimum atomic E-state index is -3.37. The smallest absolute Gasteiger partial charge is 0.255 e. The van der Waals surface area contributed by atoms with Crippen LogP contribution in [0.1, 0.15) is 10.4 Å². The Bertz CT molecular complexity index is 881. The van der Waals surface area contributed by atoms with Gasteiger partial charge >= 0.3 is 0 Å². The third-order valence-corrected chi connectivity index (χ3v) is 4.98. The van der Waals surface area contributed by atoms with E-state index in [-0.39, 0.29) is 19.1 Å². The van der Waals surface area contributed by atoms with E-state index in [4.69, 9.17) is 16.3 Å². The van der Waals surface area contributed by atoms with Gasteiger partial charge in [-0.3, -0.25) is 9.10 Å². The Morgan fingerprint density at radius 2 is 1.92 bits per heavy atom. The van der Waals surface area contributed by atoms with Crippen molar-refractivity contribution in [2.45, 2.75) is 0 Å². The fourth-order valence-electron chi connectivity index (χ4n) is 2.42. The summed E-state index contributed by atoms with van der Waals surface area (Å²) >= 11 is 5.80. The molecule has 0 atom stereocenters. The lowest BCUT2D eigenvalue weighted by atomic mass is 10.2. The molecular formula is C16H15ClN2O4S. The van der Waals surface area contributed by atoms with E-state index in [1.807, 2.05) is 0 Å². The van der Waals surface area contributed by atoms with Gasteiger partial charge in [-0.25, -0.2) is 8.42 Å². The molecule has 1 aliphatic rings. The Kier molecular flexibility index (Phi) is 4.38. The monoisotopic (exact) mass is 366 g/mol. The number of amides is 1. The van der Waals surface area contributed by atoms with Crippen LogP contribution in [0.4, 0.5) is 11.4 Å². The molecule has 1 aliphatic heterocycles. The molecule has 0 radical (unpaired) electrons. The maximum Gasteiger partial charge on any atom is 0.255 e. The van der Waals surface area contributed by atoms with Crippen LogP contribution < -0.4 is 14.4 Å². The summed E-state index contributed by atoms with van der Waals surface area (Å²) in [6, 6.07) is 11.4. The Hall–Kier alpha value is -2.25. The number of halogens is 1. The van der Waals surface area contributed by atoms with Gasteiger partial charge in [-0.05, 0) is 36.4 Å². The maximum absolute atomic E-state index is 12.2. The van der Waals surface area contributed by atoms with Crippen LogP contribution in [0.2, 0.25) is 5.02 Å². The van der Waals surface area contributed by atoms with Gasteiger partial charge in [-0.2, -0.15) is 0 Å². The normalized spacial score (nSPS) is 13.8. The van der Waals surface area contributed by atoms with Crippen LogP contribution in [0.5, 0.6) is 5.75 Å². The van der Waals surface area contributed by atoms with Crippen LogP contribution in [0, 0.1) is 0 Å². The first-order chi connectivity index (χ1) is 11.3. The van der Waals surface area contributed by atoms with Gasteiger partial charge in [0.05, 0.1) is 18.5 Å². The first-order valence-corrected chi connectivity index (χ1v) is 9.39. The highest BCUT2D eigenvalue weighted by Crippen LogP contribution is 2.35. The molecule has 0 unspecified atom stereocenters. The number of benzene rings is 2. The van der Waals surface area contributed by atoms with E-state index in [1.54, 1.807) is 42.5 Å². The van der Waals surface area contributed by atoms with Crippen LogP contribution in [0.3, 0.4) is 0 Å².